The zero-order chi connectivity index (χ0) is 26.3. The van der Waals surface area contributed by atoms with E-state index < -0.39 is 22.5 Å². The molecule has 0 aromatic heterocycles. The largest absolute Gasteiger partial charge is 0.497 e. The molecule has 0 aliphatic heterocycles. The van der Waals surface area contributed by atoms with Gasteiger partial charge in [0.15, 0.2) is 11.5 Å². The van der Waals surface area contributed by atoms with E-state index in [2.05, 4.69) is 5.32 Å². The van der Waals surface area contributed by atoms with Crippen molar-refractivity contribution >= 4 is 21.6 Å². The van der Waals surface area contributed by atoms with Gasteiger partial charge in [-0.15, -0.1) is 0 Å². The number of amides is 1. The van der Waals surface area contributed by atoms with Gasteiger partial charge in [0.2, 0.25) is 5.91 Å². The molecule has 192 valence electrons. The number of anilines is 1. The van der Waals surface area contributed by atoms with E-state index in [0.717, 1.165) is 9.87 Å². The number of sulfonamides is 1. The van der Waals surface area contributed by atoms with Crippen LogP contribution >= 0.6 is 0 Å². The van der Waals surface area contributed by atoms with Gasteiger partial charge in [0.05, 0.1) is 45.1 Å². The summed E-state index contributed by atoms with van der Waals surface area (Å²) in [5.74, 6) is 0.759. The van der Waals surface area contributed by atoms with Crippen LogP contribution < -0.4 is 28.6 Å². The Kier molecular flexibility index (Phi) is 8.65. The first-order valence-electron chi connectivity index (χ1n) is 11.1. The first-order chi connectivity index (χ1) is 17.2. The molecule has 9 nitrogen and oxygen atoms in total. The lowest BCUT2D eigenvalue weighted by molar-refractivity contribution is -0.120. The van der Waals surface area contributed by atoms with Crippen molar-refractivity contribution in [3.05, 3.63) is 72.3 Å². The molecule has 3 aromatic rings. The number of nitrogens with zero attached hydrogens (tertiary/aromatic N) is 1. The van der Waals surface area contributed by atoms with E-state index in [0.29, 0.717) is 11.5 Å². The number of ether oxygens (including phenoxy) is 4. The highest BCUT2D eigenvalue weighted by molar-refractivity contribution is 7.92. The Bertz CT molecular complexity index is 1300. The Labute approximate surface area is 211 Å². The second-order valence-electron chi connectivity index (χ2n) is 7.77. The zero-order valence-corrected chi connectivity index (χ0v) is 21.7. The number of hydrogen-bond acceptors (Lipinski definition) is 7. The van der Waals surface area contributed by atoms with Crippen molar-refractivity contribution in [1.82, 2.24) is 5.32 Å². The first kappa shape index (κ1) is 26.7. The van der Waals surface area contributed by atoms with Crippen LogP contribution in [-0.4, -0.2) is 49.3 Å². The maximum absolute atomic E-state index is 13.9. The van der Waals surface area contributed by atoms with Crippen LogP contribution in [0.3, 0.4) is 0 Å². The fourth-order valence-electron chi connectivity index (χ4n) is 3.64. The molecule has 1 N–H and O–H groups in total. The van der Waals surface area contributed by atoms with Gasteiger partial charge in [-0.2, -0.15) is 0 Å². The summed E-state index contributed by atoms with van der Waals surface area (Å²) in [5, 5.41) is 2.87. The van der Waals surface area contributed by atoms with Crippen LogP contribution in [0.4, 0.5) is 5.69 Å². The number of rotatable bonds is 11. The van der Waals surface area contributed by atoms with E-state index in [1.807, 2.05) is 37.3 Å². The van der Waals surface area contributed by atoms with Crippen LogP contribution in [0.25, 0.3) is 0 Å². The lowest BCUT2D eigenvalue weighted by atomic mass is 10.1. The number of nitrogens with one attached hydrogen (secondary N) is 1. The molecule has 0 spiro atoms. The van der Waals surface area contributed by atoms with Gasteiger partial charge in [-0.25, -0.2) is 8.42 Å². The average Bonchev–Trinajstić information content (AvgIpc) is 2.91. The van der Waals surface area contributed by atoms with E-state index in [1.165, 1.54) is 52.7 Å². The second-order valence-corrected chi connectivity index (χ2v) is 9.63. The molecule has 36 heavy (non-hydrogen) atoms. The average molecular weight is 515 g/mol. The monoisotopic (exact) mass is 514 g/mol. The standard InChI is InChI=1S/C26H30N2O7S/c1-18(19-9-7-6-8-10-19)27-26(29)17-28(22-15-20(32-2)11-13-23(22)33-3)36(30,31)21-12-14-24(34-4)25(16-21)35-5/h6-16,18H,17H2,1-5H3,(H,27,29)/t18-/m0/s1. The molecule has 0 unspecified atom stereocenters. The fourth-order valence-corrected chi connectivity index (χ4v) is 5.08. The Balaban J connectivity index is 2.06. The molecule has 0 aliphatic carbocycles. The van der Waals surface area contributed by atoms with Gasteiger partial charge in [-0.3, -0.25) is 9.10 Å². The van der Waals surface area contributed by atoms with Gasteiger partial charge in [0.25, 0.3) is 10.0 Å². The van der Waals surface area contributed by atoms with Crippen LogP contribution in [0.15, 0.2) is 71.6 Å². The smallest absolute Gasteiger partial charge is 0.265 e. The first-order valence-corrected chi connectivity index (χ1v) is 12.5. The van der Waals surface area contributed by atoms with Gasteiger partial charge in [0.1, 0.15) is 18.0 Å². The SMILES string of the molecule is COc1ccc(OC)c(N(CC(=O)N[C@@H](C)c2ccccc2)S(=O)(=O)c2ccc(OC)c(OC)c2)c1. The molecule has 0 heterocycles. The quantitative estimate of drug-likeness (QED) is 0.415. The van der Waals surface area contributed by atoms with Gasteiger partial charge < -0.3 is 24.3 Å². The van der Waals surface area contributed by atoms with Crippen LogP contribution in [0.1, 0.15) is 18.5 Å². The van der Waals surface area contributed by atoms with Crippen molar-refractivity contribution in [2.45, 2.75) is 17.9 Å². The Morgan fingerprint density at radius 3 is 2.08 bits per heavy atom. The highest BCUT2D eigenvalue weighted by Gasteiger charge is 2.31. The number of carbonyl (C=O) groups excluding carboxylic acids is 1. The van der Waals surface area contributed by atoms with Crippen molar-refractivity contribution in [2.24, 2.45) is 0 Å². The van der Waals surface area contributed by atoms with Crippen LogP contribution in [0, 0.1) is 0 Å². The van der Waals surface area contributed by atoms with E-state index in [9.17, 15) is 13.2 Å². The van der Waals surface area contributed by atoms with Crippen molar-refractivity contribution in [2.75, 3.05) is 39.3 Å². The molecule has 3 aromatic carbocycles. The van der Waals surface area contributed by atoms with Crippen molar-refractivity contribution < 1.29 is 32.2 Å². The Morgan fingerprint density at radius 1 is 0.833 bits per heavy atom. The number of hydrogen-bond donors (Lipinski definition) is 1. The number of carbonyl (C=O) groups is 1. The molecule has 10 heteroatoms. The summed E-state index contributed by atoms with van der Waals surface area (Å²) in [7, 11) is 1.49. The third-order valence-electron chi connectivity index (χ3n) is 5.56. The summed E-state index contributed by atoms with van der Waals surface area (Å²) in [5.41, 5.74) is 1.04. The lowest BCUT2D eigenvalue weighted by Gasteiger charge is -2.27. The van der Waals surface area contributed by atoms with E-state index >= 15 is 0 Å². The molecule has 1 atom stereocenters. The minimum atomic E-state index is -4.26. The molecular formula is C26H30N2O7S. The second kappa shape index (κ2) is 11.7. The molecule has 0 bridgehead atoms. The summed E-state index contributed by atoms with van der Waals surface area (Å²) in [6.07, 6.45) is 0. The molecule has 1 amide bonds. The zero-order valence-electron chi connectivity index (χ0n) is 20.8. The number of methoxy groups -OCH3 is 4. The highest BCUT2D eigenvalue weighted by Crippen LogP contribution is 2.37. The van der Waals surface area contributed by atoms with E-state index in [-0.39, 0.29) is 28.1 Å². The van der Waals surface area contributed by atoms with Gasteiger partial charge in [-0.05, 0) is 36.8 Å². The molecule has 0 radical (unpaired) electrons. The summed E-state index contributed by atoms with van der Waals surface area (Å²) in [6.45, 7) is 1.32. The minimum Gasteiger partial charge on any atom is -0.497 e. The van der Waals surface area contributed by atoms with E-state index in [1.54, 1.807) is 12.1 Å². The molecule has 3 rings (SSSR count). The Hall–Kier alpha value is -3.92. The summed E-state index contributed by atoms with van der Waals surface area (Å²) < 4.78 is 50.1. The molecular weight excluding hydrogens is 484 g/mol. The van der Waals surface area contributed by atoms with Gasteiger partial charge in [0, 0.05) is 12.1 Å². The molecule has 0 saturated heterocycles. The van der Waals surface area contributed by atoms with Gasteiger partial charge in [-0.1, -0.05) is 30.3 Å². The van der Waals surface area contributed by atoms with Crippen molar-refractivity contribution in [3.8, 4) is 23.0 Å². The third kappa shape index (κ3) is 5.83. The van der Waals surface area contributed by atoms with E-state index in [4.69, 9.17) is 18.9 Å². The van der Waals surface area contributed by atoms with Crippen molar-refractivity contribution in [3.63, 3.8) is 0 Å². The maximum Gasteiger partial charge on any atom is 0.265 e. The molecule has 0 saturated carbocycles. The molecule has 0 fully saturated rings. The normalized spacial score (nSPS) is 11.8. The third-order valence-corrected chi connectivity index (χ3v) is 7.32. The summed E-state index contributed by atoms with van der Waals surface area (Å²) in [4.78, 5) is 13.0. The minimum absolute atomic E-state index is 0.0890. The van der Waals surface area contributed by atoms with Crippen molar-refractivity contribution in [1.29, 1.82) is 0 Å². The fraction of sp³-hybridized carbons (Fsp3) is 0.269. The van der Waals surface area contributed by atoms with Crippen LogP contribution in [-0.2, 0) is 14.8 Å². The predicted molar refractivity (Wildman–Crippen MR) is 137 cm³/mol. The summed E-state index contributed by atoms with van der Waals surface area (Å²) >= 11 is 0. The van der Waals surface area contributed by atoms with Crippen LogP contribution in [0.2, 0.25) is 0 Å². The summed E-state index contributed by atoms with van der Waals surface area (Å²) in [6, 6.07) is 18.0. The predicted octanol–water partition coefficient (Wildman–Crippen LogP) is 3.79. The molecule has 0 aliphatic rings. The van der Waals surface area contributed by atoms with Gasteiger partial charge >= 0.3 is 0 Å². The topological polar surface area (TPSA) is 103 Å². The Morgan fingerprint density at radius 2 is 1.47 bits per heavy atom. The number of benzene rings is 3. The maximum atomic E-state index is 13.9. The van der Waals surface area contributed by atoms with Crippen LogP contribution in [0.5, 0.6) is 23.0 Å². The highest BCUT2D eigenvalue weighted by atomic mass is 32.2. The lowest BCUT2D eigenvalue weighted by Crippen LogP contribution is -2.41.